The van der Waals surface area contributed by atoms with Crippen molar-refractivity contribution in [2.75, 3.05) is 0 Å². The largest absolute Gasteiger partial charge is 0.135 e. The van der Waals surface area contributed by atoms with Crippen LogP contribution >= 0.6 is 22.7 Å². The zero-order valence-electron chi connectivity index (χ0n) is 33.3. The average molecular weight is 817 g/mol. The minimum atomic E-state index is 1.25. The summed E-state index contributed by atoms with van der Waals surface area (Å²) in [4.78, 5) is 0. The van der Waals surface area contributed by atoms with Gasteiger partial charge in [0.05, 0.1) is 0 Å². The van der Waals surface area contributed by atoms with Gasteiger partial charge in [-0.1, -0.05) is 158 Å². The standard InChI is InChI=1S/C60H32S2/c1-3-15-39-37(13-1)43-21-11-23-45-46-24-12-22-44-38-14-2-4-16-40(38)50-30-34(36-20-10-26-48-42-18-6-8-28-54(42)62-60(36)48)32-52(58(50)56(44)46)51-31-33(29-49(39)57(51)55(43)45)35-19-9-25-47-41-17-5-7-27-53(41)61-59(35)47/h1-32H. The van der Waals surface area contributed by atoms with Crippen molar-refractivity contribution in [3.05, 3.63) is 194 Å². The van der Waals surface area contributed by atoms with E-state index >= 15 is 0 Å². The van der Waals surface area contributed by atoms with Crippen LogP contribution in [0.15, 0.2) is 194 Å². The first-order valence-corrected chi connectivity index (χ1v) is 23.0. The second-order valence-corrected chi connectivity index (χ2v) is 19.1. The fourth-order valence-electron chi connectivity index (χ4n) is 11.4. The number of benzene rings is 12. The van der Waals surface area contributed by atoms with Crippen LogP contribution in [0, 0.1) is 0 Å². The van der Waals surface area contributed by atoms with E-state index in [4.69, 9.17) is 0 Å². The van der Waals surface area contributed by atoms with Crippen molar-refractivity contribution < 1.29 is 0 Å². The fourth-order valence-corrected chi connectivity index (χ4v) is 13.9. The van der Waals surface area contributed by atoms with E-state index < -0.39 is 0 Å². The van der Waals surface area contributed by atoms with Gasteiger partial charge in [-0.25, -0.2) is 0 Å². The Morgan fingerprint density at radius 1 is 0.210 bits per heavy atom. The minimum Gasteiger partial charge on any atom is -0.135 e. The van der Waals surface area contributed by atoms with E-state index in [1.54, 1.807) is 0 Å². The van der Waals surface area contributed by atoms with Crippen LogP contribution in [0.2, 0.25) is 0 Å². The molecule has 0 amide bonds. The molecule has 0 fully saturated rings. The van der Waals surface area contributed by atoms with E-state index in [-0.39, 0.29) is 0 Å². The first-order chi connectivity index (χ1) is 30.8. The van der Waals surface area contributed by atoms with Crippen molar-refractivity contribution in [3.63, 3.8) is 0 Å². The molecule has 0 aliphatic carbocycles. The lowest BCUT2D eigenvalue weighted by molar-refractivity contribution is 1.74. The number of fused-ring (bicyclic) bond motifs is 14. The topological polar surface area (TPSA) is 0 Å². The van der Waals surface area contributed by atoms with Gasteiger partial charge in [-0.3, -0.25) is 0 Å². The first kappa shape index (κ1) is 33.4. The number of thiophene rings is 2. The summed E-state index contributed by atoms with van der Waals surface area (Å²) in [6, 6.07) is 73.9. The Hall–Kier alpha value is -7.36. The van der Waals surface area contributed by atoms with E-state index in [0.29, 0.717) is 0 Å². The maximum Gasteiger partial charge on any atom is 0.0433 e. The molecule has 2 aromatic heterocycles. The monoisotopic (exact) mass is 816 g/mol. The normalized spacial score (nSPS) is 12.5. The van der Waals surface area contributed by atoms with Crippen LogP contribution in [0.5, 0.6) is 0 Å². The third-order valence-corrected chi connectivity index (χ3v) is 16.4. The Morgan fingerprint density at radius 3 is 0.903 bits per heavy atom. The van der Waals surface area contributed by atoms with Gasteiger partial charge in [-0.05, 0) is 145 Å². The molecular weight excluding hydrogens is 785 g/mol. The van der Waals surface area contributed by atoms with Crippen LogP contribution in [0.1, 0.15) is 0 Å². The van der Waals surface area contributed by atoms with Crippen molar-refractivity contribution in [1.82, 2.24) is 0 Å². The summed E-state index contributed by atoms with van der Waals surface area (Å²) >= 11 is 3.83. The molecule has 0 spiro atoms. The van der Waals surface area contributed by atoms with E-state index in [2.05, 4.69) is 194 Å². The quantitative estimate of drug-likeness (QED) is 0.153. The molecule has 0 aliphatic rings. The summed E-state index contributed by atoms with van der Waals surface area (Å²) < 4.78 is 5.33. The van der Waals surface area contributed by atoms with Crippen molar-refractivity contribution in [1.29, 1.82) is 0 Å². The molecule has 0 bridgehead atoms. The molecule has 2 heterocycles. The van der Waals surface area contributed by atoms with Gasteiger partial charge in [0, 0.05) is 40.3 Å². The molecule has 0 unspecified atom stereocenters. The van der Waals surface area contributed by atoms with Crippen LogP contribution in [0.25, 0.3) is 149 Å². The molecule has 0 saturated carbocycles. The third-order valence-electron chi connectivity index (χ3n) is 13.9. The summed E-state index contributed by atoms with van der Waals surface area (Å²) in [6.07, 6.45) is 0. The fraction of sp³-hybridized carbons (Fsp3) is 0. The molecule has 0 saturated heterocycles. The lowest BCUT2D eigenvalue weighted by Gasteiger charge is -2.21. The summed E-state index contributed by atoms with van der Waals surface area (Å²) in [5.41, 5.74) is 5.08. The predicted octanol–water partition coefficient (Wildman–Crippen LogP) is 18.4. The smallest absolute Gasteiger partial charge is 0.0433 e. The van der Waals surface area contributed by atoms with Gasteiger partial charge in [-0.15, -0.1) is 22.7 Å². The van der Waals surface area contributed by atoms with Gasteiger partial charge < -0.3 is 0 Å². The van der Waals surface area contributed by atoms with Crippen molar-refractivity contribution in [3.8, 4) is 22.3 Å². The second-order valence-electron chi connectivity index (χ2n) is 17.0. The van der Waals surface area contributed by atoms with E-state index in [1.807, 2.05) is 22.7 Å². The van der Waals surface area contributed by atoms with Gasteiger partial charge in [0.2, 0.25) is 0 Å². The van der Waals surface area contributed by atoms with Crippen LogP contribution in [-0.4, -0.2) is 0 Å². The van der Waals surface area contributed by atoms with E-state index in [9.17, 15) is 0 Å². The van der Waals surface area contributed by atoms with Crippen LogP contribution in [-0.2, 0) is 0 Å². The second kappa shape index (κ2) is 12.1. The van der Waals surface area contributed by atoms with E-state index in [0.717, 1.165) is 0 Å². The molecule has 0 nitrogen and oxygen atoms in total. The Balaban J connectivity index is 1.24. The highest BCUT2D eigenvalue weighted by Crippen LogP contribution is 2.51. The van der Waals surface area contributed by atoms with Crippen molar-refractivity contribution in [2.45, 2.75) is 0 Å². The van der Waals surface area contributed by atoms with Gasteiger partial charge in [0.15, 0.2) is 0 Å². The van der Waals surface area contributed by atoms with Crippen LogP contribution in [0.4, 0.5) is 0 Å². The van der Waals surface area contributed by atoms with Crippen molar-refractivity contribution >= 4 is 149 Å². The van der Waals surface area contributed by atoms with Gasteiger partial charge in [0.1, 0.15) is 0 Å². The molecule has 15 aromatic rings. The third kappa shape index (κ3) is 4.30. The minimum absolute atomic E-state index is 1.25. The zero-order chi connectivity index (χ0) is 40.2. The van der Waals surface area contributed by atoms with Crippen molar-refractivity contribution in [2.24, 2.45) is 0 Å². The Bertz CT molecular complexity index is 4160. The number of hydrogen-bond acceptors (Lipinski definition) is 2. The zero-order valence-corrected chi connectivity index (χ0v) is 34.9. The van der Waals surface area contributed by atoms with Crippen LogP contribution < -0.4 is 0 Å². The summed E-state index contributed by atoms with van der Waals surface area (Å²) in [5.74, 6) is 0. The molecule has 0 N–H and O–H groups in total. The molecule has 13 aromatic carbocycles. The molecule has 2 heteroatoms. The Morgan fingerprint density at radius 2 is 0.484 bits per heavy atom. The van der Waals surface area contributed by atoms with Gasteiger partial charge in [-0.2, -0.15) is 0 Å². The molecule has 0 atom stereocenters. The SMILES string of the molecule is c1ccc2c(c1)sc1c(-c3cc4c5ccccc5c5cccc6c7cccc8c9ccccc9c9cc(-c%10cccc%11c%10sc%10ccccc%10%11)cc(c(c3)c4c56)c9c87)cccc12. The highest BCUT2D eigenvalue weighted by molar-refractivity contribution is 7.26. The van der Waals surface area contributed by atoms with Gasteiger partial charge in [0.25, 0.3) is 0 Å². The summed E-state index contributed by atoms with van der Waals surface area (Å²) in [5, 5.41) is 26.2. The molecule has 15 rings (SSSR count). The highest BCUT2D eigenvalue weighted by atomic mass is 32.1. The maximum atomic E-state index is 2.56. The van der Waals surface area contributed by atoms with Crippen LogP contribution in [0.3, 0.4) is 0 Å². The molecule has 0 aliphatic heterocycles. The summed E-state index contributed by atoms with van der Waals surface area (Å²) in [6.45, 7) is 0. The number of rotatable bonds is 2. The highest BCUT2D eigenvalue weighted by Gasteiger charge is 2.23. The number of hydrogen-bond donors (Lipinski definition) is 0. The molecule has 62 heavy (non-hydrogen) atoms. The average Bonchev–Trinajstić information content (AvgIpc) is 3.91. The van der Waals surface area contributed by atoms with Gasteiger partial charge >= 0.3 is 0 Å². The molecule has 0 radical (unpaired) electrons. The first-order valence-electron chi connectivity index (χ1n) is 21.4. The lowest BCUT2D eigenvalue weighted by Crippen LogP contribution is -1.93. The molecular formula is C60H32S2. The Labute approximate surface area is 363 Å². The predicted molar refractivity (Wildman–Crippen MR) is 274 cm³/mol. The van der Waals surface area contributed by atoms with E-state index in [1.165, 1.54) is 149 Å². The summed E-state index contributed by atoms with van der Waals surface area (Å²) in [7, 11) is 0. The molecule has 284 valence electrons. The maximum absolute atomic E-state index is 2.56. The Kier molecular flexibility index (Phi) is 6.53. The lowest BCUT2D eigenvalue weighted by atomic mass is 9.82.